The molecule has 11 heavy (non-hydrogen) atoms. The molecule has 0 amide bonds. The van der Waals surface area contributed by atoms with E-state index in [1.807, 2.05) is 0 Å². The molecule has 0 saturated heterocycles. The first-order valence-electron chi connectivity index (χ1n) is 4.13. The molecule has 0 aromatic heterocycles. The zero-order valence-electron chi connectivity index (χ0n) is 7.18. The molecule has 0 spiro atoms. The van der Waals surface area contributed by atoms with Gasteiger partial charge in [-0.1, -0.05) is 38.5 Å². The average molecular weight is 152 g/mol. The van der Waals surface area contributed by atoms with Crippen LogP contribution in [-0.2, 0) is 4.79 Å². The Morgan fingerprint density at radius 2 is 2.18 bits per heavy atom. The van der Waals surface area contributed by atoms with Crippen molar-refractivity contribution in [2.75, 3.05) is 0 Å². The highest BCUT2D eigenvalue weighted by Crippen LogP contribution is 1.99. The van der Waals surface area contributed by atoms with Crippen LogP contribution in [0.3, 0.4) is 0 Å². The minimum absolute atomic E-state index is 0.207. The van der Waals surface area contributed by atoms with Crippen molar-refractivity contribution in [3.8, 4) is 0 Å². The van der Waals surface area contributed by atoms with Crippen LogP contribution in [0.1, 0.15) is 32.6 Å². The topological polar surface area (TPSA) is 17.1 Å². The first-order valence-corrected chi connectivity index (χ1v) is 4.13. The van der Waals surface area contributed by atoms with Crippen molar-refractivity contribution < 1.29 is 4.79 Å². The molecule has 0 atom stereocenters. The fourth-order valence-electron chi connectivity index (χ4n) is 0.808. The van der Waals surface area contributed by atoms with Crippen molar-refractivity contribution in [3.63, 3.8) is 0 Å². The van der Waals surface area contributed by atoms with Gasteiger partial charge in [-0.05, 0) is 12.5 Å². The number of rotatable bonds is 6. The smallest absolute Gasteiger partial charge is 0.155 e. The number of ketones is 1. The monoisotopic (exact) mass is 152 g/mol. The summed E-state index contributed by atoms with van der Waals surface area (Å²) in [6.07, 6.45) is 8.90. The minimum atomic E-state index is 0.207. The van der Waals surface area contributed by atoms with E-state index in [0.717, 1.165) is 12.8 Å². The molecule has 0 rings (SSSR count). The molecule has 0 fully saturated rings. The Morgan fingerprint density at radius 3 is 2.73 bits per heavy atom. The average Bonchev–Trinajstić information content (AvgIpc) is 2.01. The molecule has 0 N–H and O–H groups in total. The van der Waals surface area contributed by atoms with Crippen LogP contribution in [-0.4, -0.2) is 5.78 Å². The van der Waals surface area contributed by atoms with E-state index >= 15 is 0 Å². The highest BCUT2D eigenvalue weighted by molar-refractivity contribution is 5.89. The van der Waals surface area contributed by atoms with Gasteiger partial charge in [0.05, 0.1) is 0 Å². The Morgan fingerprint density at radius 1 is 1.45 bits per heavy atom. The van der Waals surface area contributed by atoms with Crippen LogP contribution in [0.2, 0.25) is 0 Å². The second kappa shape index (κ2) is 7.26. The Kier molecular flexibility index (Phi) is 6.70. The highest BCUT2D eigenvalue weighted by Gasteiger charge is 1.93. The third kappa shape index (κ3) is 7.04. The third-order valence-electron chi connectivity index (χ3n) is 1.44. The molecule has 0 aliphatic rings. The largest absolute Gasteiger partial charge is 0.295 e. The molecular weight excluding hydrogens is 136 g/mol. The van der Waals surface area contributed by atoms with Crippen LogP contribution in [0.15, 0.2) is 24.8 Å². The molecule has 0 aliphatic heterocycles. The number of unbranched alkanes of at least 4 members (excludes halogenated alkanes) is 2. The van der Waals surface area contributed by atoms with Crippen molar-refractivity contribution in [1.29, 1.82) is 0 Å². The van der Waals surface area contributed by atoms with E-state index in [9.17, 15) is 4.79 Å². The van der Waals surface area contributed by atoms with Crippen molar-refractivity contribution in [2.24, 2.45) is 0 Å². The Labute approximate surface area is 68.8 Å². The molecule has 0 radical (unpaired) electrons. The first-order chi connectivity index (χ1) is 5.31. The summed E-state index contributed by atoms with van der Waals surface area (Å²) in [7, 11) is 0. The summed E-state index contributed by atoms with van der Waals surface area (Å²) < 4.78 is 0. The lowest BCUT2D eigenvalue weighted by Gasteiger charge is -1.92. The van der Waals surface area contributed by atoms with Crippen molar-refractivity contribution in [3.05, 3.63) is 24.8 Å². The molecule has 0 unspecified atom stereocenters. The summed E-state index contributed by atoms with van der Waals surface area (Å²) in [5.41, 5.74) is 0. The summed E-state index contributed by atoms with van der Waals surface area (Å²) in [5.74, 6) is 0.207. The van der Waals surface area contributed by atoms with Gasteiger partial charge in [0.15, 0.2) is 5.78 Å². The predicted molar refractivity (Wildman–Crippen MR) is 48.5 cm³/mol. The van der Waals surface area contributed by atoms with Gasteiger partial charge in [0.25, 0.3) is 0 Å². The second-order valence-corrected chi connectivity index (χ2v) is 2.52. The minimum Gasteiger partial charge on any atom is -0.295 e. The van der Waals surface area contributed by atoms with Crippen LogP contribution in [0.5, 0.6) is 0 Å². The van der Waals surface area contributed by atoms with Crippen molar-refractivity contribution >= 4 is 5.78 Å². The zero-order valence-corrected chi connectivity index (χ0v) is 7.18. The van der Waals surface area contributed by atoms with E-state index in [-0.39, 0.29) is 5.78 Å². The van der Waals surface area contributed by atoms with Gasteiger partial charge in [-0.15, -0.1) is 0 Å². The summed E-state index contributed by atoms with van der Waals surface area (Å²) >= 11 is 0. The summed E-state index contributed by atoms with van der Waals surface area (Å²) in [5, 5.41) is 0. The number of carbonyl (C=O) groups is 1. The fraction of sp³-hybridized carbons (Fsp3) is 0.500. The quantitative estimate of drug-likeness (QED) is 0.325. The number of allylic oxidation sites excluding steroid dienone is 3. The lowest BCUT2D eigenvalue weighted by molar-refractivity contribution is -0.114. The second-order valence-electron chi connectivity index (χ2n) is 2.52. The maximum absolute atomic E-state index is 10.9. The van der Waals surface area contributed by atoms with E-state index in [1.54, 1.807) is 18.2 Å². The SMILES string of the molecule is C=CC=CC(=O)CCCCC. The highest BCUT2D eigenvalue weighted by atomic mass is 16.1. The summed E-state index contributed by atoms with van der Waals surface area (Å²) in [6.45, 7) is 5.62. The molecule has 0 aliphatic carbocycles. The van der Waals surface area contributed by atoms with E-state index in [1.165, 1.54) is 6.42 Å². The molecule has 0 heterocycles. The van der Waals surface area contributed by atoms with E-state index in [0.29, 0.717) is 6.42 Å². The van der Waals surface area contributed by atoms with Gasteiger partial charge < -0.3 is 0 Å². The van der Waals surface area contributed by atoms with E-state index < -0.39 is 0 Å². The van der Waals surface area contributed by atoms with Gasteiger partial charge in [0, 0.05) is 6.42 Å². The molecule has 0 aromatic carbocycles. The first kappa shape index (κ1) is 10.2. The fourth-order valence-corrected chi connectivity index (χ4v) is 0.808. The lowest BCUT2D eigenvalue weighted by Crippen LogP contribution is -1.91. The number of hydrogen-bond acceptors (Lipinski definition) is 1. The number of hydrogen-bond donors (Lipinski definition) is 0. The summed E-state index contributed by atoms with van der Waals surface area (Å²) in [4.78, 5) is 10.9. The Hall–Kier alpha value is -0.850. The number of carbonyl (C=O) groups excluding carboxylic acids is 1. The Balaban J connectivity index is 3.37. The van der Waals surface area contributed by atoms with Crippen LogP contribution in [0.25, 0.3) is 0 Å². The van der Waals surface area contributed by atoms with Crippen LogP contribution >= 0.6 is 0 Å². The molecule has 62 valence electrons. The molecular formula is C10H16O. The van der Waals surface area contributed by atoms with Gasteiger partial charge in [-0.2, -0.15) is 0 Å². The molecule has 0 bridgehead atoms. The Bertz CT molecular complexity index is 145. The van der Waals surface area contributed by atoms with Crippen LogP contribution in [0, 0.1) is 0 Å². The standard InChI is InChI=1S/C10H16O/c1-3-5-7-9-10(11)8-6-4-2/h4,6,8H,2-3,5,7,9H2,1H3. The van der Waals surface area contributed by atoms with E-state index in [4.69, 9.17) is 0 Å². The van der Waals surface area contributed by atoms with Gasteiger partial charge in [0.1, 0.15) is 0 Å². The van der Waals surface area contributed by atoms with Crippen molar-refractivity contribution in [2.45, 2.75) is 32.6 Å². The maximum Gasteiger partial charge on any atom is 0.155 e. The molecule has 0 aromatic rings. The molecule has 1 heteroatoms. The van der Waals surface area contributed by atoms with Gasteiger partial charge in [0.2, 0.25) is 0 Å². The van der Waals surface area contributed by atoms with Crippen molar-refractivity contribution in [1.82, 2.24) is 0 Å². The van der Waals surface area contributed by atoms with Crippen LogP contribution in [0.4, 0.5) is 0 Å². The third-order valence-corrected chi connectivity index (χ3v) is 1.44. The normalized spacial score (nSPS) is 10.3. The molecule has 0 saturated carbocycles. The van der Waals surface area contributed by atoms with Crippen LogP contribution < -0.4 is 0 Å². The van der Waals surface area contributed by atoms with Gasteiger partial charge >= 0.3 is 0 Å². The predicted octanol–water partition coefficient (Wildman–Crippen LogP) is 2.88. The zero-order chi connectivity index (χ0) is 8.53. The lowest BCUT2D eigenvalue weighted by atomic mass is 10.1. The van der Waals surface area contributed by atoms with Gasteiger partial charge in [-0.25, -0.2) is 0 Å². The molecule has 1 nitrogen and oxygen atoms in total. The van der Waals surface area contributed by atoms with E-state index in [2.05, 4.69) is 13.5 Å². The maximum atomic E-state index is 10.9. The summed E-state index contributed by atoms with van der Waals surface area (Å²) in [6, 6.07) is 0. The van der Waals surface area contributed by atoms with Gasteiger partial charge in [-0.3, -0.25) is 4.79 Å².